The molecule has 1 spiro atoms. The standard InChI is InChI=1S/C16H16F3NO4/c1-23-10-2-3-11-12(21)9-15(24-13(11)8-10)4-6-20(7-5-15)14(22)16(17,18)19/h2-3,8H,4-7,9H2,1H3. The Kier molecular flexibility index (Phi) is 3.93. The lowest BCUT2D eigenvalue weighted by Gasteiger charge is -2.44. The lowest BCUT2D eigenvalue weighted by Crippen LogP contribution is -2.54. The minimum Gasteiger partial charge on any atom is -0.497 e. The van der Waals surface area contributed by atoms with E-state index in [-0.39, 0.29) is 38.1 Å². The first-order chi connectivity index (χ1) is 11.2. The van der Waals surface area contributed by atoms with Gasteiger partial charge in [-0.1, -0.05) is 0 Å². The molecule has 0 N–H and O–H groups in total. The van der Waals surface area contributed by atoms with Crippen molar-refractivity contribution in [3.8, 4) is 11.5 Å². The van der Waals surface area contributed by atoms with Crippen molar-refractivity contribution in [1.29, 1.82) is 0 Å². The Labute approximate surface area is 136 Å². The molecule has 2 heterocycles. The predicted octanol–water partition coefficient (Wildman–Crippen LogP) is 2.58. The predicted molar refractivity (Wildman–Crippen MR) is 77.2 cm³/mol. The van der Waals surface area contributed by atoms with Crippen LogP contribution in [-0.4, -0.2) is 48.6 Å². The molecule has 5 nitrogen and oxygen atoms in total. The summed E-state index contributed by atoms with van der Waals surface area (Å²) < 4.78 is 48.6. The van der Waals surface area contributed by atoms with Crippen LogP contribution in [0.25, 0.3) is 0 Å². The summed E-state index contributed by atoms with van der Waals surface area (Å²) >= 11 is 0. The van der Waals surface area contributed by atoms with E-state index in [2.05, 4.69) is 0 Å². The first-order valence-electron chi connectivity index (χ1n) is 7.50. The number of amides is 1. The summed E-state index contributed by atoms with van der Waals surface area (Å²) in [6, 6.07) is 4.87. The molecule has 1 saturated heterocycles. The summed E-state index contributed by atoms with van der Waals surface area (Å²) in [5, 5.41) is 0. The third-order valence-corrected chi connectivity index (χ3v) is 4.50. The van der Waals surface area contributed by atoms with Gasteiger partial charge < -0.3 is 14.4 Å². The molecule has 1 aromatic rings. The maximum atomic E-state index is 12.5. The molecule has 2 aliphatic rings. The minimum atomic E-state index is -4.88. The highest BCUT2D eigenvalue weighted by Gasteiger charge is 2.48. The maximum absolute atomic E-state index is 12.5. The van der Waals surface area contributed by atoms with Gasteiger partial charge in [-0.05, 0) is 12.1 Å². The fourth-order valence-electron chi connectivity index (χ4n) is 3.18. The molecule has 0 aromatic heterocycles. The minimum absolute atomic E-state index is 0.0923. The van der Waals surface area contributed by atoms with Gasteiger partial charge in [0.25, 0.3) is 0 Å². The number of nitrogens with zero attached hydrogens (tertiary/aromatic N) is 1. The molecule has 0 aliphatic carbocycles. The van der Waals surface area contributed by atoms with E-state index in [0.29, 0.717) is 17.1 Å². The maximum Gasteiger partial charge on any atom is 0.471 e. The van der Waals surface area contributed by atoms with E-state index in [0.717, 1.165) is 4.90 Å². The van der Waals surface area contributed by atoms with Crippen molar-refractivity contribution >= 4 is 11.7 Å². The van der Waals surface area contributed by atoms with Crippen molar-refractivity contribution in [1.82, 2.24) is 4.90 Å². The molecular formula is C16H16F3NO4. The number of hydrogen-bond donors (Lipinski definition) is 0. The van der Waals surface area contributed by atoms with E-state index >= 15 is 0 Å². The molecular weight excluding hydrogens is 327 g/mol. The molecule has 0 bridgehead atoms. The second-order valence-corrected chi connectivity index (χ2v) is 6.04. The Morgan fingerprint density at radius 2 is 1.96 bits per heavy atom. The summed E-state index contributed by atoms with van der Waals surface area (Å²) in [6.07, 6.45) is -4.43. The number of likely N-dealkylation sites (tertiary alicyclic amines) is 1. The van der Waals surface area contributed by atoms with E-state index < -0.39 is 17.7 Å². The number of alkyl halides is 3. The Hall–Kier alpha value is -2.25. The molecule has 0 atom stereocenters. The number of carbonyl (C=O) groups excluding carboxylic acids is 2. The van der Waals surface area contributed by atoms with Gasteiger partial charge in [0.05, 0.1) is 19.1 Å². The highest BCUT2D eigenvalue weighted by molar-refractivity contribution is 6.00. The first-order valence-corrected chi connectivity index (χ1v) is 7.50. The van der Waals surface area contributed by atoms with E-state index in [4.69, 9.17) is 9.47 Å². The van der Waals surface area contributed by atoms with Crippen LogP contribution >= 0.6 is 0 Å². The quantitative estimate of drug-likeness (QED) is 0.786. The summed E-state index contributed by atoms with van der Waals surface area (Å²) in [7, 11) is 1.49. The van der Waals surface area contributed by atoms with Crippen LogP contribution in [0, 0.1) is 0 Å². The largest absolute Gasteiger partial charge is 0.497 e. The molecule has 130 valence electrons. The number of Topliss-reactive ketones (excluding diaryl/α,β-unsaturated/α-hetero) is 1. The second-order valence-electron chi connectivity index (χ2n) is 6.04. The summed E-state index contributed by atoms with van der Waals surface area (Å²) in [6.45, 7) is -0.185. The van der Waals surface area contributed by atoms with Gasteiger partial charge in [-0.2, -0.15) is 13.2 Å². The number of benzene rings is 1. The van der Waals surface area contributed by atoms with Gasteiger partial charge in [0, 0.05) is 32.0 Å². The molecule has 8 heteroatoms. The summed E-state index contributed by atoms with van der Waals surface area (Å²) in [5.41, 5.74) is -0.422. The Bertz CT molecular complexity index is 678. The van der Waals surface area contributed by atoms with Gasteiger partial charge >= 0.3 is 12.1 Å². The van der Waals surface area contributed by atoms with Crippen LogP contribution in [-0.2, 0) is 4.79 Å². The number of carbonyl (C=O) groups is 2. The Morgan fingerprint density at radius 1 is 1.29 bits per heavy atom. The number of piperidine rings is 1. The van der Waals surface area contributed by atoms with Crippen LogP contribution in [0.2, 0.25) is 0 Å². The number of rotatable bonds is 1. The number of ketones is 1. The van der Waals surface area contributed by atoms with Gasteiger partial charge in [-0.15, -0.1) is 0 Å². The van der Waals surface area contributed by atoms with Gasteiger partial charge in [-0.3, -0.25) is 9.59 Å². The van der Waals surface area contributed by atoms with E-state index in [9.17, 15) is 22.8 Å². The van der Waals surface area contributed by atoms with E-state index in [1.54, 1.807) is 18.2 Å². The highest BCUT2D eigenvalue weighted by Crippen LogP contribution is 2.41. The SMILES string of the molecule is COc1ccc2c(c1)OC1(CCN(C(=O)C(F)(F)F)CC1)CC2=O. The number of methoxy groups -OCH3 is 1. The molecule has 3 rings (SSSR count). The normalized spacial score (nSPS) is 19.7. The van der Waals surface area contributed by atoms with Crippen molar-refractivity contribution < 1.29 is 32.2 Å². The lowest BCUT2D eigenvalue weighted by atomic mass is 9.82. The molecule has 0 radical (unpaired) electrons. The van der Waals surface area contributed by atoms with Crippen LogP contribution in [0.4, 0.5) is 13.2 Å². The smallest absolute Gasteiger partial charge is 0.471 e. The molecule has 1 amide bonds. The molecule has 24 heavy (non-hydrogen) atoms. The van der Waals surface area contributed by atoms with Crippen LogP contribution in [0.5, 0.6) is 11.5 Å². The number of hydrogen-bond acceptors (Lipinski definition) is 4. The van der Waals surface area contributed by atoms with Crippen molar-refractivity contribution in [2.45, 2.75) is 31.0 Å². The summed E-state index contributed by atoms with van der Waals surface area (Å²) in [4.78, 5) is 24.4. The lowest BCUT2D eigenvalue weighted by molar-refractivity contribution is -0.188. The third-order valence-electron chi connectivity index (χ3n) is 4.50. The monoisotopic (exact) mass is 343 g/mol. The van der Waals surface area contributed by atoms with Crippen LogP contribution in [0.1, 0.15) is 29.6 Å². The second kappa shape index (κ2) is 5.68. The average molecular weight is 343 g/mol. The third kappa shape index (κ3) is 2.92. The number of fused-ring (bicyclic) bond motifs is 1. The fraction of sp³-hybridized carbons (Fsp3) is 0.500. The van der Waals surface area contributed by atoms with Crippen molar-refractivity contribution in [2.75, 3.05) is 20.2 Å². The Morgan fingerprint density at radius 3 is 2.54 bits per heavy atom. The molecule has 1 aromatic carbocycles. The van der Waals surface area contributed by atoms with Crippen molar-refractivity contribution in [2.24, 2.45) is 0 Å². The fourth-order valence-corrected chi connectivity index (χ4v) is 3.18. The Balaban J connectivity index is 1.77. The van der Waals surface area contributed by atoms with Crippen LogP contribution in [0.3, 0.4) is 0 Å². The zero-order valence-corrected chi connectivity index (χ0v) is 13.0. The molecule has 0 saturated carbocycles. The van der Waals surface area contributed by atoms with Gasteiger partial charge in [0.1, 0.15) is 17.1 Å². The van der Waals surface area contributed by atoms with Crippen LogP contribution < -0.4 is 9.47 Å². The topological polar surface area (TPSA) is 55.8 Å². The van der Waals surface area contributed by atoms with Gasteiger partial charge in [-0.25, -0.2) is 0 Å². The molecule has 2 aliphatic heterocycles. The van der Waals surface area contributed by atoms with E-state index in [1.807, 2.05) is 0 Å². The highest BCUT2D eigenvalue weighted by atomic mass is 19.4. The van der Waals surface area contributed by atoms with Gasteiger partial charge in [0.15, 0.2) is 5.78 Å². The first kappa shape index (κ1) is 16.6. The number of halogens is 3. The summed E-state index contributed by atoms with van der Waals surface area (Å²) in [5.74, 6) is -1.06. The van der Waals surface area contributed by atoms with Gasteiger partial charge in [0.2, 0.25) is 0 Å². The van der Waals surface area contributed by atoms with E-state index in [1.165, 1.54) is 7.11 Å². The molecule has 0 unspecified atom stereocenters. The van der Waals surface area contributed by atoms with Crippen molar-refractivity contribution in [3.05, 3.63) is 23.8 Å². The van der Waals surface area contributed by atoms with Crippen molar-refractivity contribution in [3.63, 3.8) is 0 Å². The molecule has 1 fully saturated rings. The number of ether oxygens (including phenoxy) is 2. The van der Waals surface area contributed by atoms with Crippen LogP contribution in [0.15, 0.2) is 18.2 Å². The zero-order valence-electron chi connectivity index (χ0n) is 13.0. The average Bonchev–Trinajstić information content (AvgIpc) is 2.53. The zero-order chi connectivity index (χ0) is 17.5.